The van der Waals surface area contributed by atoms with E-state index in [1.807, 2.05) is 18.2 Å². The molecular weight excluding hydrogens is 310 g/mol. The molecule has 1 aromatic carbocycles. The van der Waals surface area contributed by atoms with Gasteiger partial charge in [0.15, 0.2) is 0 Å². The minimum atomic E-state index is -0.416. The van der Waals surface area contributed by atoms with Crippen LogP contribution < -0.4 is 0 Å². The molecule has 1 saturated heterocycles. The highest BCUT2D eigenvalue weighted by molar-refractivity contribution is 5.85. The van der Waals surface area contributed by atoms with E-state index in [1.54, 1.807) is 0 Å². The van der Waals surface area contributed by atoms with Gasteiger partial charge in [0.05, 0.1) is 18.8 Å². The van der Waals surface area contributed by atoms with E-state index in [1.165, 1.54) is 24.8 Å². The molecule has 2 rings (SSSR count). The second-order valence-corrected chi connectivity index (χ2v) is 6.62. The Bertz CT molecular complexity index is 419. The number of aliphatic hydroxyl groups is 1. The molecule has 1 N–H and O–H groups in total. The lowest BCUT2D eigenvalue weighted by Gasteiger charge is -2.40. The molecule has 0 aliphatic carbocycles. The average Bonchev–Trinajstić information content (AvgIpc) is 2.53. The second kappa shape index (κ2) is 10.3. The lowest BCUT2D eigenvalue weighted by molar-refractivity contribution is -0.0377. The number of ether oxygens (including phenoxy) is 1. The first-order valence-corrected chi connectivity index (χ1v) is 8.72. The number of benzene rings is 1. The molecule has 4 heteroatoms. The zero-order chi connectivity index (χ0) is 15.9. The van der Waals surface area contributed by atoms with Gasteiger partial charge in [0.1, 0.15) is 0 Å². The largest absolute Gasteiger partial charge is 0.389 e. The number of hydrogen-bond acceptors (Lipinski definition) is 3. The van der Waals surface area contributed by atoms with Crippen molar-refractivity contribution in [2.24, 2.45) is 0 Å². The Labute approximate surface area is 147 Å². The van der Waals surface area contributed by atoms with Gasteiger partial charge in [0.25, 0.3) is 0 Å². The van der Waals surface area contributed by atoms with Crippen LogP contribution >= 0.6 is 12.4 Å². The highest BCUT2D eigenvalue weighted by atomic mass is 35.5. The van der Waals surface area contributed by atoms with Crippen LogP contribution in [0.3, 0.4) is 0 Å². The normalized spacial score (nSPS) is 24.7. The van der Waals surface area contributed by atoms with Gasteiger partial charge < -0.3 is 9.84 Å². The number of aliphatic hydroxyl groups excluding tert-OH is 1. The Hall–Kier alpha value is -0.610. The van der Waals surface area contributed by atoms with Gasteiger partial charge >= 0.3 is 0 Å². The Balaban J connectivity index is 0.00000264. The van der Waals surface area contributed by atoms with Crippen LogP contribution in [-0.2, 0) is 4.74 Å². The Kier molecular flexibility index (Phi) is 9.15. The molecule has 0 radical (unpaired) electrons. The molecule has 1 heterocycles. The van der Waals surface area contributed by atoms with Crippen molar-refractivity contribution in [1.29, 1.82) is 0 Å². The van der Waals surface area contributed by atoms with Crippen LogP contribution in [0.4, 0.5) is 0 Å². The first kappa shape index (κ1) is 20.4. The molecule has 1 aromatic rings. The number of nitrogens with zero attached hydrogens (tertiary/aromatic N) is 1. The highest BCUT2D eigenvalue weighted by Crippen LogP contribution is 2.24. The van der Waals surface area contributed by atoms with Gasteiger partial charge in [-0.25, -0.2) is 0 Å². The van der Waals surface area contributed by atoms with Crippen molar-refractivity contribution in [3.8, 4) is 0 Å². The van der Waals surface area contributed by atoms with Crippen molar-refractivity contribution >= 4 is 12.4 Å². The number of piperidine rings is 1. The molecule has 3 nitrogen and oxygen atoms in total. The Morgan fingerprint density at radius 3 is 2.35 bits per heavy atom. The molecule has 0 spiro atoms. The molecule has 23 heavy (non-hydrogen) atoms. The van der Waals surface area contributed by atoms with Gasteiger partial charge in [-0.1, -0.05) is 43.7 Å². The fourth-order valence-corrected chi connectivity index (χ4v) is 3.48. The third-order valence-electron chi connectivity index (χ3n) is 4.83. The predicted octanol–water partition coefficient (Wildman–Crippen LogP) is 4.20. The summed E-state index contributed by atoms with van der Waals surface area (Å²) in [5.41, 5.74) is 1.19. The van der Waals surface area contributed by atoms with E-state index in [9.17, 15) is 5.11 Å². The molecule has 4 atom stereocenters. The van der Waals surface area contributed by atoms with Crippen LogP contribution in [0.25, 0.3) is 0 Å². The topological polar surface area (TPSA) is 32.7 Å². The minimum Gasteiger partial charge on any atom is -0.389 e. The van der Waals surface area contributed by atoms with Crippen molar-refractivity contribution in [3.05, 3.63) is 35.9 Å². The molecule has 0 aromatic heterocycles. The zero-order valence-corrected chi connectivity index (χ0v) is 15.5. The van der Waals surface area contributed by atoms with E-state index in [-0.39, 0.29) is 18.5 Å². The van der Waals surface area contributed by atoms with E-state index < -0.39 is 6.10 Å². The van der Waals surface area contributed by atoms with E-state index in [4.69, 9.17) is 4.74 Å². The second-order valence-electron chi connectivity index (χ2n) is 6.62. The summed E-state index contributed by atoms with van der Waals surface area (Å²) in [6, 6.07) is 11.4. The fourth-order valence-electron chi connectivity index (χ4n) is 3.48. The Morgan fingerprint density at radius 2 is 1.78 bits per heavy atom. The molecule has 0 bridgehead atoms. The van der Waals surface area contributed by atoms with Crippen LogP contribution in [0.2, 0.25) is 0 Å². The van der Waals surface area contributed by atoms with E-state index >= 15 is 0 Å². The maximum Gasteiger partial charge on any atom is 0.0900 e. The van der Waals surface area contributed by atoms with Crippen LogP contribution in [0, 0.1) is 0 Å². The van der Waals surface area contributed by atoms with Crippen LogP contribution in [0.1, 0.15) is 58.1 Å². The SMILES string of the molecule is CCC(OCC(O)CN1C(C)CCCC1C)c1ccccc1.Cl. The zero-order valence-electron chi connectivity index (χ0n) is 14.6. The summed E-state index contributed by atoms with van der Waals surface area (Å²) in [5, 5.41) is 10.4. The number of likely N-dealkylation sites (tertiary alicyclic amines) is 1. The van der Waals surface area contributed by atoms with Crippen molar-refractivity contribution < 1.29 is 9.84 Å². The lowest BCUT2D eigenvalue weighted by Crippen LogP contribution is -2.48. The molecule has 4 unspecified atom stereocenters. The first-order valence-electron chi connectivity index (χ1n) is 8.72. The molecular formula is C19H32ClNO2. The van der Waals surface area contributed by atoms with Crippen molar-refractivity contribution in [3.63, 3.8) is 0 Å². The number of rotatable bonds is 7. The number of β-amino-alcohol motifs (C(OH)–C–C–N with tert-alkyl or cyclic N) is 1. The van der Waals surface area contributed by atoms with Crippen LogP contribution in [-0.4, -0.2) is 41.3 Å². The molecule has 1 fully saturated rings. The van der Waals surface area contributed by atoms with Crippen molar-refractivity contribution in [2.45, 2.75) is 70.7 Å². The molecule has 0 saturated carbocycles. The van der Waals surface area contributed by atoms with Crippen molar-refractivity contribution in [2.75, 3.05) is 13.2 Å². The van der Waals surface area contributed by atoms with Crippen molar-refractivity contribution in [1.82, 2.24) is 4.90 Å². The molecule has 1 aliphatic rings. The van der Waals surface area contributed by atoms with Crippen LogP contribution in [0.15, 0.2) is 30.3 Å². The van der Waals surface area contributed by atoms with E-state index in [0.717, 1.165) is 6.42 Å². The summed E-state index contributed by atoms with van der Waals surface area (Å²) in [6.45, 7) is 7.78. The Morgan fingerprint density at radius 1 is 1.17 bits per heavy atom. The van der Waals surface area contributed by atoms with Crippen LogP contribution in [0.5, 0.6) is 0 Å². The average molecular weight is 342 g/mol. The molecule has 0 amide bonds. The van der Waals surface area contributed by atoms with Gasteiger partial charge in [-0.3, -0.25) is 4.90 Å². The smallest absolute Gasteiger partial charge is 0.0900 e. The molecule has 132 valence electrons. The van der Waals surface area contributed by atoms with E-state index in [0.29, 0.717) is 25.2 Å². The van der Waals surface area contributed by atoms with Gasteiger partial charge in [-0.05, 0) is 38.7 Å². The summed E-state index contributed by atoms with van der Waals surface area (Å²) >= 11 is 0. The summed E-state index contributed by atoms with van der Waals surface area (Å²) in [7, 11) is 0. The first-order chi connectivity index (χ1) is 10.6. The van der Waals surface area contributed by atoms with Gasteiger partial charge in [-0.2, -0.15) is 0 Å². The summed E-state index contributed by atoms with van der Waals surface area (Å²) in [5.74, 6) is 0. The molecule has 1 aliphatic heterocycles. The van der Waals surface area contributed by atoms with E-state index in [2.05, 4.69) is 37.8 Å². The lowest BCUT2D eigenvalue weighted by atomic mass is 9.97. The summed E-state index contributed by atoms with van der Waals surface area (Å²) in [4.78, 5) is 2.43. The number of hydrogen-bond donors (Lipinski definition) is 1. The highest BCUT2D eigenvalue weighted by Gasteiger charge is 2.26. The third kappa shape index (κ3) is 6.07. The van der Waals surface area contributed by atoms with Gasteiger partial charge in [0.2, 0.25) is 0 Å². The monoisotopic (exact) mass is 341 g/mol. The third-order valence-corrected chi connectivity index (χ3v) is 4.83. The maximum atomic E-state index is 10.4. The standard InChI is InChI=1S/C19H31NO2.ClH/c1-4-19(17-11-6-5-7-12-17)22-14-18(21)13-20-15(2)9-8-10-16(20)3;/h5-7,11-12,15-16,18-19,21H,4,8-10,13-14H2,1-3H3;1H. The summed E-state index contributed by atoms with van der Waals surface area (Å²) in [6.07, 6.45) is 4.36. The minimum absolute atomic E-state index is 0. The van der Waals surface area contributed by atoms with Gasteiger partial charge in [0, 0.05) is 18.6 Å². The quantitative estimate of drug-likeness (QED) is 0.806. The van der Waals surface area contributed by atoms with Gasteiger partial charge in [-0.15, -0.1) is 12.4 Å². The number of halogens is 1. The fraction of sp³-hybridized carbons (Fsp3) is 0.684. The maximum absolute atomic E-state index is 10.4. The predicted molar refractivity (Wildman–Crippen MR) is 98.2 cm³/mol. The summed E-state index contributed by atoms with van der Waals surface area (Å²) < 4.78 is 5.97.